The largest absolute Gasteiger partial charge is 0.493 e. The minimum Gasteiger partial charge on any atom is -0.493 e. The number of methoxy groups -OCH3 is 3. The number of ether oxygens (including phenoxy) is 3. The van der Waals surface area contributed by atoms with Gasteiger partial charge in [0.2, 0.25) is 0 Å². The van der Waals surface area contributed by atoms with Gasteiger partial charge in [-0.2, -0.15) is 5.10 Å². The van der Waals surface area contributed by atoms with E-state index in [1.54, 1.807) is 41.9 Å². The predicted molar refractivity (Wildman–Crippen MR) is 92.5 cm³/mol. The van der Waals surface area contributed by atoms with Gasteiger partial charge in [-0.15, -0.1) is 0 Å². The van der Waals surface area contributed by atoms with E-state index in [9.17, 15) is 9.59 Å². The lowest BCUT2D eigenvalue weighted by Crippen LogP contribution is -2.36. The van der Waals surface area contributed by atoms with Crippen molar-refractivity contribution in [2.75, 3.05) is 27.9 Å². The molecular formula is C18H21N3O5. The monoisotopic (exact) mass is 359 g/mol. The molecule has 0 bridgehead atoms. The zero-order valence-electron chi connectivity index (χ0n) is 15.2. The SMILES string of the molecule is COC(=O)c1nn(C)c2c1CCN(C(=O)c1ccc(OC)c(OC)c1)C2. The minimum atomic E-state index is -0.457. The van der Waals surface area contributed by atoms with Crippen LogP contribution in [0.1, 0.15) is 32.1 Å². The van der Waals surface area contributed by atoms with Gasteiger partial charge in [-0.3, -0.25) is 9.48 Å². The molecule has 1 aliphatic rings. The van der Waals surface area contributed by atoms with E-state index < -0.39 is 5.97 Å². The van der Waals surface area contributed by atoms with Gasteiger partial charge in [0.1, 0.15) is 0 Å². The van der Waals surface area contributed by atoms with Crippen molar-refractivity contribution in [3.63, 3.8) is 0 Å². The van der Waals surface area contributed by atoms with Crippen LogP contribution in [0.25, 0.3) is 0 Å². The molecule has 26 heavy (non-hydrogen) atoms. The van der Waals surface area contributed by atoms with Crippen LogP contribution >= 0.6 is 0 Å². The van der Waals surface area contributed by atoms with E-state index in [2.05, 4.69) is 5.10 Å². The van der Waals surface area contributed by atoms with Gasteiger partial charge in [0.05, 0.1) is 33.6 Å². The molecule has 0 fully saturated rings. The van der Waals surface area contributed by atoms with Crippen LogP contribution in [0.5, 0.6) is 11.5 Å². The lowest BCUT2D eigenvalue weighted by atomic mass is 10.0. The van der Waals surface area contributed by atoms with E-state index >= 15 is 0 Å². The van der Waals surface area contributed by atoms with Crippen LogP contribution in [0.15, 0.2) is 18.2 Å². The number of rotatable bonds is 4. The zero-order chi connectivity index (χ0) is 18.8. The van der Waals surface area contributed by atoms with Gasteiger partial charge in [-0.05, 0) is 24.6 Å². The smallest absolute Gasteiger partial charge is 0.358 e. The Kier molecular flexibility index (Phi) is 4.83. The second kappa shape index (κ2) is 7.07. The first-order valence-corrected chi connectivity index (χ1v) is 8.14. The van der Waals surface area contributed by atoms with Crippen molar-refractivity contribution in [3.8, 4) is 11.5 Å². The average molecular weight is 359 g/mol. The first-order chi connectivity index (χ1) is 12.5. The van der Waals surface area contributed by atoms with Gasteiger partial charge in [-0.1, -0.05) is 0 Å². The van der Waals surface area contributed by atoms with Crippen LogP contribution in [0.3, 0.4) is 0 Å². The molecule has 0 saturated heterocycles. The summed E-state index contributed by atoms with van der Waals surface area (Å²) in [5.74, 6) is 0.503. The molecule has 0 radical (unpaired) electrons. The Morgan fingerprint density at radius 3 is 2.50 bits per heavy atom. The number of nitrogens with zero attached hydrogens (tertiary/aromatic N) is 3. The second-order valence-corrected chi connectivity index (χ2v) is 5.94. The first-order valence-electron chi connectivity index (χ1n) is 8.14. The minimum absolute atomic E-state index is 0.113. The highest BCUT2D eigenvalue weighted by atomic mass is 16.5. The number of fused-ring (bicyclic) bond motifs is 1. The molecule has 0 unspecified atom stereocenters. The van der Waals surface area contributed by atoms with Crippen molar-refractivity contribution in [2.45, 2.75) is 13.0 Å². The molecule has 0 N–H and O–H groups in total. The number of aryl methyl sites for hydroxylation is 1. The van der Waals surface area contributed by atoms with Gasteiger partial charge in [-0.25, -0.2) is 4.79 Å². The average Bonchev–Trinajstić information content (AvgIpc) is 3.02. The van der Waals surface area contributed by atoms with E-state index in [1.807, 2.05) is 0 Å². The fourth-order valence-corrected chi connectivity index (χ4v) is 3.16. The van der Waals surface area contributed by atoms with Crippen LogP contribution in [-0.2, 0) is 24.8 Å². The predicted octanol–water partition coefficient (Wildman–Crippen LogP) is 1.42. The van der Waals surface area contributed by atoms with E-state index in [1.165, 1.54) is 14.2 Å². The summed E-state index contributed by atoms with van der Waals surface area (Å²) in [5.41, 5.74) is 2.52. The molecule has 1 amide bonds. The van der Waals surface area contributed by atoms with Crippen molar-refractivity contribution < 1.29 is 23.8 Å². The maximum Gasteiger partial charge on any atom is 0.358 e. The Hall–Kier alpha value is -3.03. The summed E-state index contributed by atoms with van der Waals surface area (Å²) < 4.78 is 16.9. The number of carbonyl (C=O) groups excluding carboxylic acids is 2. The lowest BCUT2D eigenvalue weighted by molar-refractivity contribution is 0.0591. The van der Waals surface area contributed by atoms with Crippen LogP contribution in [0.2, 0.25) is 0 Å². The van der Waals surface area contributed by atoms with Crippen LogP contribution in [0, 0.1) is 0 Å². The Bertz CT molecular complexity index is 859. The quantitative estimate of drug-likeness (QED) is 0.768. The van der Waals surface area contributed by atoms with E-state index in [0.29, 0.717) is 42.3 Å². The van der Waals surface area contributed by atoms with Gasteiger partial charge >= 0.3 is 5.97 Å². The summed E-state index contributed by atoms with van der Waals surface area (Å²) in [6, 6.07) is 5.09. The van der Waals surface area contributed by atoms with Crippen LogP contribution < -0.4 is 9.47 Å². The molecule has 8 nitrogen and oxygen atoms in total. The molecule has 0 spiro atoms. The molecular weight excluding hydrogens is 338 g/mol. The third-order valence-corrected chi connectivity index (χ3v) is 4.54. The number of benzene rings is 1. The van der Waals surface area contributed by atoms with E-state index in [-0.39, 0.29) is 5.91 Å². The standard InChI is InChI=1S/C18H21N3O5/c1-20-13-10-21(8-7-12(13)16(19-20)18(23)26-4)17(22)11-5-6-14(24-2)15(9-11)25-3/h5-6,9H,7-8,10H2,1-4H3. The number of carbonyl (C=O) groups is 2. The topological polar surface area (TPSA) is 82.9 Å². The summed E-state index contributed by atoms with van der Waals surface area (Å²) in [6.45, 7) is 0.874. The van der Waals surface area contributed by atoms with E-state index in [0.717, 1.165) is 11.3 Å². The highest BCUT2D eigenvalue weighted by Gasteiger charge is 2.30. The number of amides is 1. The summed E-state index contributed by atoms with van der Waals surface area (Å²) in [4.78, 5) is 26.5. The molecule has 8 heteroatoms. The Morgan fingerprint density at radius 2 is 1.85 bits per heavy atom. The highest BCUT2D eigenvalue weighted by molar-refractivity contribution is 5.95. The molecule has 0 aliphatic carbocycles. The summed E-state index contributed by atoms with van der Waals surface area (Å²) in [6.07, 6.45) is 0.548. The maximum absolute atomic E-state index is 12.9. The summed E-state index contributed by atoms with van der Waals surface area (Å²) in [5, 5.41) is 4.25. The summed E-state index contributed by atoms with van der Waals surface area (Å²) in [7, 11) is 6.17. The van der Waals surface area contributed by atoms with Crippen LogP contribution in [-0.4, -0.2) is 54.4 Å². The van der Waals surface area contributed by atoms with Crippen molar-refractivity contribution in [1.82, 2.24) is 14.7 Å². The van der Waals surface area contributed by atoms with Crippen LogP contribution in [0.4, 0.5) is 0 Å². The molecule has 1 aromatic carbocycles. The van der Waals surface area contributed by atoms with Gasteiger partial charge < -0.3 is 19.1 Å². The van der Waals surface area contributed by atoms with Gasteiger partial charge in [0.25, 0.3) is 5.91 Å². The third kappa shape index (κ3) is 2.98. The third-order valence-electron chi connectivity index (χ3n) is 4.54. The van der Waals surface area contributed by atoms with Crippen molar-refractivity contribution in [2.24, 2.45) is 7.05 Å². The fraction of sp³-hybridized carbons (Fsp3) is 0.389. The second-order valence-electron chi connectivity index (χ2n) is 5.94. The number of hydrogen-bond donors (Lipinski definition) is 0. The molecule has 138 valence electrons. The Morgan fingerprint density at radius 1 is 1.12 bits per heavy atom. The van der Waals surface area contributed by atoms with Gasteiger partial charge in [0.15, 0.2) is 17.2 Å². The lowest BCUT2D eigenvalue weighted by Gasteiger charge is -2.27. The fourth-order valence-electron chi connectivity index (χ4n) is 3.16. The Balaban J connectivity index is 1.86. The van der Waals surface area contributed by atoms with Crippen molar-refractivity contribution in [3.05, 3.63) is 40.7 Å². The summed E-state index contributed by atoms with van der Waals surface area (Å²) >= 11 is 0. The number of esters is 1. The molecule has 1 aromatic heterocycles. The molecule has 3 rings (SSSR count). The zero-order valence-corrected chi connectivity index (χ0v) is 15.2. The number of aromatic nitrogens is 2. The molecule has 2 heterocycles. The molecule has 0 atom stereocenters. The molecule has 0 saturated carbocycles. The molecule has 2 aromatic rings. The highest BCUT2D eigenvalue weighted by Crippen LogP contribution is 2.29. The van der Waals surface area contributed by atoms with Gasteiger partial charge in [0, 0.05) is 24.7 Å². The normalized spacial score (nSPS) is 13.2. The molecule has 1 aliphatic heterocycles. The first kappa shape index (κ1) is 17.8. The van der Waals surface area contributed by atoms with Crippen molar-refractivity contribution >= 4 is 11.9 Å². The maximum atomic E-state index is 12.9. The van der Waals surface area contributed by atoms with E-state index in [4.69, 9.17) is 14.2 Å². The Labute approximate surface area is 151 Å². The number of hydrogen-bond acceptors (Lipinski definition) is 6. The van der Waals surface area contributed by atoms with Crippen molar-refractivity contribution in [1.29, 1.82) is 0 Å².